The lowest BCUT2D eigenvalue weighted by Gasteiger charge is -2.20. The summed E-state index contributed by atoms with van der Waals surface area (Å²) in [5.74, 6) is 0.166. The van der Waals surface area contributed by atoms with E-state index in [-0.39, 0.29) is 11.5 Å². The molecule has 0 bridgehead atoms. The summed E-state index contributed by atoms with van der Waals surface area (Å²) in [5, 5.41) is 3.65. The van der Waals surface area contributed by atoms with Crippen LogP contribution in [0, 0.1) is 5.41 Å². The third kappa shape index (κ3) is 3.03. The largest absolute Gasteiger partial charge is 0.369 e. The second kappa shape index (κ2) is 5.42. The van der Waals surface area contributed by atoms with Gasteiger partial charge >= 0.3 is 0 Å². The second-order valence-corrected chi connectivity index (χ2v) is 5.38. The van der Waals surface area contributed by atoms with Crippen molar-refractivity contribution in [2.45, 2.75) is 20.4 Å². The van der Waals surface area contributed by atoms with Crippen molar-refractivity contribution in [2.24, 2.45) is 11.1 Å². The number of benzene rings is 1. The summed E-state index contributed by atoms with van der Waals surface area (Å²) in [6.07, 6.45) is 0. The highest BCUT2D eigenvalue weighted by atomic mass is 16.1. The molecule has 1 amide bonds. The highest BCUT2D eigenvalue weighted by Gasteiger charge is 2.24. The van der Waals surface area contributed by atoms with Crippen LogP contribution in [0.1, 0.15) is 19.7 Å². The number of H-pyrrole nitrogens is 1. The van der Waals surface area contributed by atoms with E-state index in [0.29, 0.717) is 29.8 Å². The first kappa shape index (κ1) is 14.2. The van der Waals surface area contributed by atoms with Gasteiger partial charge < -0.3 is 16.0 Å². The van der Waals surface area contributed by atoms with Crippen molar-refractivity contribution in [3.63, 3.8) is 0 Å². The summed E-state index contributed by atoms with van der Waals surface area (Å²) in [6, 6.07) is 7.16. The van der Waals surface area contributed by atoms with E-state index in [2.05, 4.69) is 15.3 Å². The molecule has 1 aromatic heterocycles. The fourth-order valence-corrected chi connectivity index (χ4v) is 1.80. The van der Waals surface area contributed by atoms with Gasteiger partial charge in [-0.05, 0) is 26.0 Å². The Morgan fingerprint density at radius 1 is 1.40 bits per heavy atom. The number of amides is 1. The van der Waals surface area contributed by atoms with Gasteiger partial charge in [-0.2, -0.15) is 0 Å². The van der Waals surface area contributed by atoms with Crippen molar-refractivity contribution < 1.29 is 4.79 Å². The minimum Gasteiger partial charge on any atom is -0.369 e. The molecule has 0 aliphatic heterocycles. The van der Waals surface area contributed by atoms with Crippen LogP contribution in [0.4, 0.5) is 0 Å². The molecule has 0 saturated carbocycles. The summed E-state index contributed by atoms with van der Waals surface area (Å²) in [5.41, 5.74) is 5.14. The molecule has 6 heteroatoms. The second-order valence-electron chi connectivity index (χ2n) is 5.38. The molecule has 4 N–H and O–H groups in total. The summed E-state index contributed by atoms with van der Waals surface area (Å²) < 4.78 is 0. The first-order valence-electron chi connectivity index (χ1n) is 6.39. The van der Waals surface area contributed by atoms with E-state index in [1.807, 2.05) is 6.07 Å². The van der Waals surface area contributed by atoms with Gasteiger partial charge in [0.25, 0.3) is 5.56 Å². The monoisotopic (exact) mass is 274 g/mol. The van der Waals surface area contributed by atoms with Crippen molar-refractivity contribution in [2.75, 3.05) is 6.54 Å². The number of hydrogen-bond acceptors (Lipinski definition) is 4. The van der Waals surface area contributed by atoms with E-state index < -0.39 is 5.41 Å². The third-order valence-electron chi connectivity index (χ3n) is 3.19. The number of carbonyl (C=O) groups excluding carboxylic acids is 1. The lowest BCUT2D eigenvalue weighted by atomic mass is 9.93. The molecular formula is C14H18N4O2. The Bertz CT molecular complexity index is 691. The predicted octanol–water partition coefficient (Wildman–Crippen LogP) is 0.524. The zero-order valence-corrected chi connectivity index (χ0v) is 11.6. The number of nitrogens with zero attached hydrogens (tertiary/aromatic N) is 1. The molecular weight excluding hydrogens is 256 g/mol. The maximum absolute atomic E-state index is 11.9. The number of aromatic amines is 1. The molecule has 0 saturated heterocycles. The normalized spacial score (nSPS) is 11.7. The number of rotatable bonds is 5. The molecule has 1 aromatic carbocycles. The Morgan fingerprint density at radius 3 is 2.80 bits per heavy atom. The highest BCUT2D eigenvalue weighted by Crippen LogP contribution is 2.12. The Balaban J connectivity index is 2.11. The van der Waals surface area contributed by atoms with Crippen LogP contribution in [0.5, 0.6) is 0 Å². The molecule has 0 atom stereocenters. The standard InChI is InChI=1S/C14H18N4O2/c1-14(2,13(15)20)8-16-7-11-17-10-6-4-3-5-9(10)12(19)18-11/h3-6,16H,7-8H2,1-2H3,(H2,15,20)(H,17,18,19). The number of nitrogens with one attached hydrogen (secondary N) is 2. The lowest BCUT2D eigenvalue weighted by Crippen LogP contribution is -2.40. The number of aromatic nitrogens is 2. The topological polar surface area (TPSA) is 101 Å². The van der Waals surface area contributed by atoms with Crippen LogP contribution in [0.3, 0.4) is 0 Å². The molecule has 106 valence electrons. The Kier molecular flexibility index (Phi) is 3.85. The van der Waals surface area contributed by atoms with E-state index in [9.17, 15) is 9.59 Å². The molecule has 0 unspecified atom stereocenters. The van der Waals surface area contributed by atoms with Gasteiger partial charge in [0.15, 0.2) is 0 Å². The molecule has 2 rings (SSSR count). The van der Waals surface area contributed by atoms with Crippen LogP contribution in [-0.4, -0.2) is 22.4 Å². The lowest BCUT2D eigenvalue weighted by molar-refractivity contribution is -0.125. The van der Waals surface area contributed by atoms with Crippen molar-refractivity contribution in [1.29, 1.82) is 0 Å². The van der Waals surface area contributed by atoms with Crippen LogP contribution in [0.2, 0.25) is 0 Å². The van der Waals surface area contributed by atoms with Gasteiger partial charge in [0.1, 0.15) is 5.82 Å². The summed E-state index contributed by atoms with van der Waals surface area (Å²) in [4.78, 5) is 30.2. The fourth-order valence-electron chi connectivity index (χ4n) is 1.80. The number of hydrogen-bond donors (Lipinski definition) is 3. The van der Waals surface area contributed by atoms with Crippen molar-refractivity contribution in [3.8, 4) is 0 Å². The van der Waals surface area contributed by atoms with E-state index in [1.54, 1.807) is 32.0 Å². The molecule has 0 radical (unpaired) electrons. The van der Waals surface area contributed by atoms with Crippen molar-refractivity contribution in [3.05, 3.63) is 40.4 Å². The van der Waals surface area contributed by atoms with Crippen LogP contribution >= 0.6 is 0 Å². The maximum Gasteiger partial charge on any atom is 0.258 e. The molecule has 0 fully saturated rings. The zero-order chi connectivity index (χ0) is 14.8. The molecule has 20 heavy (non-hydrogen) atoms. The van der Waals surface area contributed by atoms with Gasteiger partial charge in [0.05, 0.1) is 22.9 Å². The SMILES string of the molecule is CC(C)(CNCc1nc2ccccc2c(=O)[nH]1)C(N)=O. The number of carbonyl (C=O) groups is 1. The zero-order valence-electron chi connectivity index (χ0n) is 11.6. The average molecular weight is 274 g/mol. The van der Waals surface area contributed by atoms with Crippen LogP contribution in [-0.2, 0) is 11.3 Å². The van der Waals surface area contributed by atoms with E-state index >= 15 is 0 Å². The Labute approximate surface area is 116 Å². The van der Waals surface area contributed by atoms with Gasteiger partial charge in [-0.1, -0.05) is 12.1 Å². The number of nitrogens with two attached hydrogens (primary N) is 1. The molecule has 6 nitrogen and oxygen atoms in total. The molecule has 1 heterocycles. The minimum atomic E-state index is -0.642. The summed E-state index contributed by atoms with van der Waals surface area (Å²) in [7, 11) is 0. The van der Waals surface area contributed by atoms with E-state index in [4.69, 9.17) is 5.73 Å². The van der Waals surface area contributed by atoms with Crippen molar-refractivity contribution in [1.82, 2.24) is 15.3 Å². The third-order valence-corrected chi connectivity index (χ3v) is 3.19. The van der Waals surface area contributed by atoms with Gasteiger partial charge in [-0.15, -0.1) is 0 Å². The quantitative estimate of drug-likeness (QED) is 0.740. The number of para-hydroxylation sites is 1. The first-order valence-corrected chi connectivity index (χ1v) is 6.39. The van der Waals surface area contributed by atoms with Crippen molar-refractivity contribution >= 4 is 16.8 Å². The Morgan fingerprint density at radius 2 is 2.10 bits per heavy atom. The molecule has 2 aromatic rings. The number of primary amides is 1. The van der Waals surface area contributed by atoms with Crippen LogP contribution in [0.15, 0.2) is 29.1 Å². The minimum absolute atomic E-state index is 0.165. The molecule has 0 aliphatic rings. The summed E-state index contributed by atoms with van der Waals surface area (Å²) in [6.45, 7) is 4.31. The van der Waals surface area contributed by atoms with Crippen LogP contribution in [0.25, 0.3) is 10.9 Å². The number of fused-ring (bicyclic) bond motifs is 1. The first-order chi connectivity index (χ1) is 9.40. The highest BCUT2D eigenvalue weighted by molar-refractivity contribution is 5.80. The van der Waals surface area contributed by atoms with Gasteiger partial charge in [0.2, 0.25) is 5.91 Å². The molecule has 0 spiro atoms. The average Bonchev–Trinajstić information content (AvgIpc) is 2.38. The smallest absolute Gasteiger partial charge is 0.258 e. The van der Waals surface area contributed by atoms with Gasteiger partial charge in [-0.25, -0.2) is 4.98 Å². The predicted molar refractivity (Wildman–Crippen MR) is 77.0 cm³/mol. The summed E-state index contributed by atoms with van der Waals surface area (Å²) >= 11 is 0. The Hall–Kier alpha value is -2.21. The van der Waals surface area contributed by atoms with Gasteiger partial charge in [0, 0.05) is 6.54 Å². The molecule has 0 aliphatic carbocycles. The fraction of sp³-hybridized carbons (Fsp3) is 0.357. The van der Waals surface area contributed by atoms with E-state index in [1.165, 1.54) is 0 Å². The maximum atomic E-state index is 11.9. The van der Waals surface area contributed by atoms with Gasteiger partial charge in [-0.3, -0.25) is 9.59 Å². The van der Waals surface area contributed by atoms with E-state index in [0.717, 1.165) is 0 Å². The van der Waals surface area contributed by atoms with Crippen LogP contribution < -0.4 is 16.6 Å².